The van der Waals surface area contributed by atoms with Gasteiger partial charge < -0.3 is 9.05 Å². The van der Waals surface area contributed by atoms with Crippen molar-refractivity contribution in [2.75, 3.05) is 13.2 Å². The second-order valence-corrected chi connectivity index (χ2v) is 6.59. The fourth-order valence-electron chi connectivity index (χ4n) is 0.874. The standard InChI is InChI=1S/C10H23O5P/c1-7-12-16(11,13-8-2)9(3)14-15-10(4,5)6/h9H,7-8H2,1-6H3. The first-order valence-corrected chi connectivity index (χ1v) is 7.09. The van der Waals surface area contributed by atoms with Crippen LogP contribution in [0, 0.1) is 0 Å². The third-order valence-electron chi connectivity index (χ3n) is 1.50. The summed E-state index contributed by atoms with van der Waals surface area (Å²) in [7, 11) is -3.24. The first-order chi connectivity index (χ1) is 7.25. The summed E-state index contributed by atoms with van der Waals surface area (Å²) < 4.78 is 22.4. The van der Waals surface area contributed by atoms with E-state index in [1.165, 1.54) is 0 Å². The Morgan fingerprint density at radius 3 is 1.88 bits per heavy atom. The van der Waals surface area contributed by atoms with Gasteiger partial charge in [0.25, 0.3) is 0 Å². The van der Waals surface area contributed by atoms with Gasteiger partial charge in [-0.2, -0.15) is 0 Å². The summed E-state index contributed by atoms with van der Waals surface area (Å²) in [6.45, 7) is 11.2. The van der Waals surface area contributed by atoms with Crippen LogP contribution in [0.2, 0.25) is 0 Å². The molecule has 0 aliphatic rings. The van der Waals surface area contributed by atoms with E-state index < -0.39 is 19.0 Å². The van der Waals surface area contributed by atoms with E-state index in [-0.39, 0.29) is 0 Å². The van der Waals surface area contributed by atoms with Crippen molar-refractivity contribution in [1.82, 2.24) is 0 Å². The Morgan fingerprint density at radius 2 is 1.56 bits per heavy atom. The van der Waals surface area contributed by atoms with Crippen molar-refractivity contribution in [2.24, 2.45) is 0 Å². The lowest BCUT2D eigenvalue weighted by Gasteiger charge is -2.25. The molecule has 0 spiro atoms. The topological polar surface area (TPSA) is 54.0 Å². The van der Waals surface area contributed by atoms with Crippen molar-refractivity contribution in [2.45, 2.75) is 53.0 Å². The molecule has 0 aromatic rings. The summed E-state index contributed by atoms with van der Waals surface area (Å²) >= 11 is 0. The van der Waals surface area contributed by atoms with E-state index in [2.05, 4.69) is 0 Å². The maximum absolute atomic E-state index is 12.2. The molecule has 0 rings (SSSR count). The van der Waals surface area contributed by atoms with Crippen molar-refractivity contribution in [3.8, 4) is 0 Å². The summed E-state index contributed by atoms with van der Waals surface area (Å²) in [4.78, 5) is 10.2. The Balaban J connectivity index is 4.39. The summed E-state index contributed by atoms with van der Waals surface area (Å²) in [6.07, 6.45) is 0. The van der Waals surface area contributed by atoms with Gasteiger partial charge in [0.15, 0.2) is 5.85 Å². The van der Waals surface area contributed by atoms with E-state index in [1.807, 2.05) is 20.8 Å². The smallest absolute Gasteiger partial charge is 0.307 e. The normalized spacial score (nSPS) is 15.1. The molecule has 0 aliphatic carbocycles. The van der Waals surface area contributed by atoms with Gasteiger partial charge in [-0.05, 0) is 41.5 Å². The summed E-state index contributed by atoms with van der Waals surface area (Å²) in [5, 5.41) is 0. The third-order valence-corrected chi connectivity index (χ3v) is 3.71. The molecule has 0 heterocycles. The van der Waals surface area contributed by atoms with Crippen LogP contribution in [0.25, 0.3) is 0 Å². The molecule has 0 bridgehead atoms. The molecule has 0 aliphatic heterocycles. The highest BCUT2D eigenvalue weighted by molar-refractivity contribution is 7.54. The van der Waals surface area contributed by atoms with Crippen LogP contribution in [-0.4, -0.2) is 24.7 Å². The van der Waals surface area contributed by atoms with Crippen molar-refractivity contribution < 1.29 is 23.4 Å². The van der Waals surface area contributed by atoms with E-state index in [1.54, 1.807) is 20.8 Å². The molecule has 0 radical (unpaired) electrons. The van der Waals surface area contributed by atoms with Gasteiger partial charge in [-0.3, -0.25) is 4.57 Å². The van der Waals surface area contributed by atoms with Crippen molar-refractivity contribution in [1.29, 1.82) is 0 Å². The van der Waals surface area contributed by atoms with Gasteiger partial charge in [-0.1, -0.05) is 0 Å². The van der Waals surface area contributed by atoms with Crippen LogP contribution in [0.4, 0.5) is 0 Å². The van der Waals surface area contributed by atoms with Crippen LogP contribution in [0.3, 0.4) is 0 Å². The zero-order chi connectivity index (χ0) is 12.8. The van der Waals surface area contributed by atoms with Crippen molar-refractivity contribution in [3.63, 3.8) is 0 Å². The first kappa shape index (κ1) is 16.1. The minimum atomic E-state index is -3.24. The Hall–Kier alpha value is 0.0700. The number of rotatable bonds is 7. The van der Waals surface area contributed by atoms with Crippen LogP contribution in [0.5, 0.6) is 0 Å². The minimum absolute atomic E-state index is 0.306. The van der Waals surface area contributed by atoms with Crippen LogP contribution in [-0.2, 0) is 23.4 Å². The van der Waals surface area contributed by atoms with E-state index in [0.29, 0.717) is 13.2 Å². The SMILES string of the molecule is CCOP(=O)(OCC)C(C)OOC(C)(C)C. The minimum Gasteiger partial charge on any atom is -0.307 e. The molecule has 5 nitrogen and oxygen atoms in total. The zero-order valence-electron chi connectivity index (χ0n) is 11.0. The fraction of sp³-hybridized carbons (Fsp3) is 1.00. The van der Waals surface area contributed by atoms with Crippen LogP contribution < -0.4 is 0 Å². The lowest BCUT2D eigenvalue weighted by molar-refractivity contribution is -0.357. The van der Waals surface area contributed by atoms with Gasteiger partial charge in [0.05, 0.1) is 18.8 Å². The van der Waals surface area contributed by atoms with E-state index in [0.717, 1.165) is 0 Å². The largest absolute Gasteiger partial charge is 0.362 e. The molecule has 0 aromatic carbocycles. The van der Waals surface area contributed by atoms with Crippen LogP contribution in [0.15, 0.2) is 0 Å². The molecule has 1 atom stereocenters. The second-order valence-electron chi connectivity index (χ2n) is 4.27. The Kier molecular flexibility index (Phi) is 6.75. The van der Waals surface area contributed by atoms with Crippen molar-refractivity contribution >= 4 is 7.60 Å². The highest BCUT2D eigenvalue weighted by Crippen LogP contribution is 2.53. The van der Waals surface area contributed by atoms with Gasteiger partial charge in [0.1, 0.15) is 0 Å². The molecular formula is C10H23O5P. The van der Waals surface area contributed by atoms with Crippen LogP contribution >= 0.6 is 7.60 Å². The molecule has 0 amide bonds. The summed E-state index contributed by atoms with van der Waals surface area (Å²) in [5.41, 5.74) is -0.461. The molecule has 6 heteroatoms. The molecular weight excluding hydrogens is 231 g/mol. The Morgan fingerprint density at radius 1 is 1.12 bits per heavy atom. The summed E-state index contributed by atoms with van der Waals surface area (Å²) in [6, 6.07) is 0. The van der Waals surface area contributed by atoms with Gasteiger partial charge in [-0.15, -0.1) is 0 Å². The average Bonchev–Trinajstić information content (AvgIpc) is 2.13. The van der Waals surface area contributed by atoms with Gasteiger partial charge in [0.2, 0.25) is 0 Å². The monoisotopic (exact) mass is 254 g/mol. The number of hydrogen-bond donors (Lipinski definition) is 0. The molecule has 0 fully saturated rings. The fourth-order valence-corrected chi connectivity index (χ4v) is 2.24. The van der Waals surface area contributed by atoms with Gasteiger partial charge in [-0.25, -0.2) is 9.78 Å². The predicted octanol–water partition coefficient (Wildman–Crippen LogP) is 3.35. The second kappa shape index (κ2) is 6.72. The lowest BCUT2D eigenvalue weighted by atomic mass is 10.2. The lowest BCUT2D eigenvalue weighted by Crippen LogP contribution is -2.24. The Bertz CT molecular complexity index is 226. The zero-order valence-corrected chi connectivity index (χ0v) is 11.9. The van der Waals surface area contributed by atoms with Crippen molar-refractivity contribution in [3.05, 3.63) is 0 Å². The van der Waals surface area contributed by atoms with E-state index >= 15 is 0 Å². The molecule has 0 N–H and O–H groups in total. The number of hydrogen-bond acceptors (Lipinski definition) is 5. The Labute approximate surface area is 97.9 Å². The molecule has 98 valence electrons. The van der Waals surface area contributed by atoms with E-state index in [4.69, 9.17) is 18.8 Å². The quantitative estimate of drug-likeness (QED) is 0.396. The average molecular weight is 254 g/mol. The third kappa shape index (κ3) is 5.97. The van der Waals surface area contributed by atoms with Gasteiger partial charge in [0, 0.05) is 0 Å². The highest BCUT2D eigenvalue weighted by atomic mass is 31.2. The molecule has 0 aromatic heterocycles. The van der Waals surface area contributed by atoms with Gasteiger partial charge >= 0.3 is 7.60 Å². The van der Waals surface area contributed by atoms with Crippen LogP contribution in [0.1, 0.15) is 41.5 Å². The maximum atomic E-state index is 12.2. The molecule has 1 unspecified atom stereocenters. The predicted molar refractivity (Wildman–Crippen MR) is 62.2 cm³/mol. The molecule has 0 saturated heterocycles. The van der Waals surface area contributed by atoms with E-state index in [9.17, 15) is 4.57 Å². The summed E-state index contributed by atoms with van der Waals surface area (Å²) in [5.74, 6) is -0.744. The molecule has 16 heavy (non-hydrogen) atoms. The maximum Gasteiger partial charge on any atom is 0.362 e. The molecule has 0 saturated carbocycles. The first-order valence-electron chi connectivity index (χ1n) is 5.48. The highest BCUT2D eigenvalue weighted by Gasteiger charge is 2.34.